The van der Waals surface area contributed by atoms with Crippen molar-refractivity contribution in [1.29, 1.82) is 0 Å². The Hall–Kier alpha value is -4.64. The van der Waals surface area contributed by atoms with E-state index < -0.39 is 23.3 Å². The second-order valence-corrected chi connectivity index (χ2v) is 27.3. The number of benzene rings is 3. The molecule has 402 valence electrons. The van der Waals surface area contributed by atoms with Crippen LogP contribution in [0, 0.1) is 11.3 Å². The Morgan fingerprint density at radius 3 is 0.819 bits per heavy atom. The van der Waals surface area contributed by atoms with Gasteiger partial charge in [0.05, 0.1) is 0 Å². The van der Waals surface area contributed by atoms with Crippen LogP contribution in [0.4, 0.5) is 0 Å². The van der Waals surface area contributed by atoms with E-state index >= 15 is 0 Å². The summed E-state index contributed by atoms with van der Waals surface area (Å²) in [5.74, 6) is -0.595. The zero-order chi connectivity index (χ0) is 55.2. The Kier molecular flexibility index (Phi) is 20.3. The van der Waals surface area contributed by atoms with Crippen LogP contribution in [0.5, 0.6) is 17.2 Å². The number of ether oxygens (including phenoxy) is 4. The maximum Gasteiger partial charge on any atom is 0.306 e. The Balaban J connectivity index is 2.00. The molecule has 0 spiro atoms. The van der Waals surface area contributed by atoms with Crippen molar-refractivity contribution in [1.82, 2.24) is 0 Å². The lowest BCUT2D eigenvalue weighted by Gasteiger charge is -2.32. The third-order valence-electron chi connectivity index (χ3n) is 12.9. The third-order valence-corrected chi connectivity index (χ3v) is 13.2. The van der Waals surface area contributed by atoms with Gasteiger partial charge in [0, 0.05) is 25.7 Å². The maximum absolute atomic E-state index is 13.8. The van der Waals surface area contributed by atoms with E-state index in [2.05, 4.69) is 0 Å². The minimum atomic E-state index is -1.35. The van der Waals surface area contributed by atoms with Crippen LogP contribution in [-0.4, -0.2) is 64.7 Å². The molecule has 11 heteroatoms. The Bertz CT molecular complexity index is 2030. The minimum absolute atomic E-state index is 0.0136. The molecule has 0 aliphatic rings. The van der Waals surface area contributed by atoms with E-state index in [0.29, 0.717) is 30.7 Å². The topological polar surface area (TPSA) is 149 Å². The highest BCUT2D eigenvalue weighted by molar-refractivity contribution is 7.80. The van der Waals surface area contributed by atoms with Crippen LogP contribution in [0.25, 0.3) is 0 Å². The van der Waals surface area contributed by atoms with Crippen molar-refractivity contribution in [2.45, 2.75) is 216 Å². The molecule has 0 heterocycles. The molecule has 0 aliphatic carbocycles. The average molecular weight is 1020 g/mol. The van der Waals surface area contributed by atoms with Crippen LogP contribution >= 0.6 is 12.2 Å². The molecule has 0 radical (unpaired) electrons. The lowest BCUT2D eigenvalue weighted by molar-refractivity contribution is -0.164. The van der Waals surface area contributed by atoms with Gasteiger partial charge in [-0.05, 0) is 120 Å². The molecule has 0 fully saturated rings. The summed E-state index contributed by atoms with van der Waals surface area (Å²) >= 11 is 5.64. The van der Waals surface area contributed by atoms with Gasteiger partial charge in [0.25, 0.3) is 0 Å². The zero-order valence-corrected chi connectivity index (χ0v) is 48.7. The maximum atomic E-state index is 13.8. The van der Waals surface area contributed by atoms with Gasteiger partial charge in [-0.1, -0.05) is 175 Å². The first-order valence-corrected chi connectivity index (χ1v) is 26.3. The highest BCUT2D eigenvalue weighted by atomic mass is 32.1. The summed E-state index contributed by atoms with van der Waals surface area (Å²) in [4.78, 5) is 41.5. The second kappa shape index (κ2) is 23.7. The molecular weight excluding hydrogens is 925 g/mol. The fraction of sp³-hybridized carbons (Fsp3) is 0.639. The number of carbonyl (C=O) groups is 3. The molecule has 0 aromatic heterocycles. The summed E-state index contributed by atoms with van der Waals surface area (Å²) in [5.41, 5.74) is 3.93. The number of thiocarbonyl (C=S) groups is 1. The molecule has 0 atom stereocenters. The summed E-state index contributed by atoms with van der Waals surface area (Å²) in [7, 11) is 0. The molecule has 0 amide bonds. The summed E-state index contributed by atoms with van der Waals surface area (Å²) in [6, 6.07) is 11.7. The van der Waals surface area contributed by atoms with Crippen LogP contribution in [0.3, 0.4) is 0 Å². The summed E-state index contributed by atoms with van der Waals surface area (Å²) in [6.45, 7) is 39.7. The Morgan fingerprint density at radius 1 is 0.417 bits per heavy atom. The molecule has 0 bridgehead atoms. The van der Waals surface area contributed by atoms with E-state index in [1.807, 2.05) is 175 Å². The van der Waals surface area contributed by atoms with Gasteiger partial charge in [-0.25, -0.2) is 0 Å². The van der Waals surface area contributed by atoms with Crippen LogP contribution in [0.1, 0.15) is 214 Å². The predicted octanol–water partition coefficient (Wildman–Crippen LogP) is 13.8. The van der Waals surface area contributed by atoms with Crippen molar-refractivity contribution in [3.05, 3.63) is 86.5 Å². The number of aromatic hydroxyl groups is 3. The number of rotatable bonds is 19. The minimum Gasteiger partial charge on any atom is -0.507 e. The largest absolute Gasteiger partial charge is 0.507 e. The van der Waals surface area contributed by atoms with Crippen molar-refractivity contribution in [2.75, 3.05) is 26.4 Å². The lowest BCUT2D eigenvalue weighted by atomic mass is 9.78. The van der Waals surface area contributed by atoms with Gasteiger partial charge in [0.2, 0.25) is 0 Å². The molecule has 3 aromatic rings. The van der Waals surface area contributed by atoms with Crippen LogP contribution in [-0.2, 0) is 85.1 Å². The monoisotopic (exact) mass is 1020 g/mol. The van der Waals surface area contributed by atoms with Crippen LogP contribution < -0.4 is 0 Å². The number of aryl methyl sites for hydroxylation is 3. The van der Waals surface area contributed by atoms with Gasteiger partial charge < -0.3 is 34.3 Å². The summed E-state index contributed by atoms with van der Waals surface area (Å²) in [5, 5.41) is 34.3. The van der Waals surface area contributed by atoms with E-state index in [4.69, 9.17) is 31.2 Å². The van der Waals surface area contributed by atoms with Gasteiger partial charge in [-0.2, -0.15) is 0 Å². The van der Waals surface area contributed by atoms with Crippen LogP contribution in [0.2, 0.25) is 0 Å². The lowest BCUT2D eigenvalue weighted by Crippen LogP contribution is -2.44. The highest BCUT2D eigenvalue weighted by Gasteiger charge is 2.38. The number of carbonyl (C=O) groups excluding carboxylic acids is 3. The van der Waals surface area contributed by atoms with Gasteiger partial charge in [0.1, 0.15) is 49.1 Å². The fourth-order valence-corrected chi connectivity index (χ4v) is 8.87. The van der Waals surface area contributed by atoms with E-state index in [-0.39, 0.29) is 101 Å². The number of esters is 3. The average Bonchev–Trinajstić information content (AvgIpc) is 3.21. The molecule has 10 nitrogen and oxygen atoms in total. The van der Waals surface area contributed by atoms with E-state index in [0.717, 1.165) is 50.1 Å². The van der Waals surface area contributed by atoms with Crippen molar-refractivity contribution in [3.8, 4) is 17.2 Å². The van der Waals surface area contributed by atoms with E-state index in [1.54, 1.807) is 0 Å². The van der Waals surface area contributed by atoms with Gasteiger partial charge >= 0.3 is 17.9 Å². The number of phenols is 3. The molecule has 0 saturated carbocycles. The molecule has 3 rings (SSSR count). The van der Waals surface area contributed by atoms with Crippen molar-refractivity contribution in [2.24, 2.45) is 11.3 Å². The number of phenolic OH excluding ortho intramolecular Hbond substituents is 3. The SMILES string of the molecule is CC(C)CC(=S)OCC(COC(=O)CCc1cc(C(C)(C)C)c(O)c(C(C)(C)C)c1)(COC(=O)CCc1cc(C(C)(C)C)c(O)c(C(C)(C)C)c1)COC(=O)CCc1cc(C(C)(C)C)c(O)c(C(C)(C)C)c1. The van der Waals surface area contributed by atoms with Gasteiger partial charge in [-0.15, -0.1) is 0 Å². The second-order valence-electron chi connectivity index (χ2n) is 26.9. The summed E-state index contributed by atoms with van der Waals surface area (Å²) in [6.07, 6.45) is 1.54. The quantitative estimate of drug-likeness (QED) is 0.0598. The third kappa shape index (κ3) is 18.1. The Morgan fingerprint density at radius 2 is 0.625 bits per heavy atom. The molecule has 3 N–H and O–H groups in total. The molecule has 0 saturated heterocycles. The van der Waals surface area contributed by atoms with Crippen molar-refractivity contribution >= 4 is 35.2 Å². The molecule has 72 heavy (non-hydrogen) atoms. The normalized spacial score (nSPS) is 13.0. The zero-order valence-electron chi connectivity index (χ0n) is 47.9. The first-order chi connectivity index (χ1) is 32.6. The molecule has 3 aromatic carbocycles. The number of hydrogen-bond acceptors (Lipinski definition) is 11. The summed E-state index contributed by atoms with van der Waals surface area (Å²) < 4.78 is 24.3. The molecular formula is C61H92O10S. The Labute approximate surface area is 439 Å². The van der Waals surface area contributed by atoms with Crippen LogP contribution in [0.15, 0.2) is 36.4 Å². The predicted molar refractivity (Wildman–Crippen MR) is 295 cm³/mol. The van der Waals surface area contributed by atoms with Crippen molar-refractivity contribution < 1.29 is 48.7 Å². The smallest absolute Gasteiger partial charge is 0.306 e. The first-order valence-electron chi connectivity index (χ1n) is 25.9. The van der Waals surface area contributed by atoms with Crippen molar-refractivity contribution in [3.63, 3.8) is 0 Å². The van der Waals surface area contributed by atoms with E-state index in [9.17, 15) is 29.7 Å². The first kappa shape index (κ1) is 61.7. The van der Waals surface area contributed by atoms with Gasteiger partial charge in [-0.3, -0.25) is 14.4 Å². The molecule has 0 aliphatic heterocycles. The molecule has 0 unspecified atom stereocenters. The number of hydrogen-bond donors (Lipinski definition) is 3. The fourth-order valence-electron chi connectivity index (χ4n) is 8.48. The van der Waals surface area contributed by atoms with Gasteiger partial charge in [0.15, 0.2) is 5.05 Å². The standard InChI is InChI=1S/C61H92O10S/c1-38(2)27-51(72)71-37-61(34-68-48(62)24-21-39-28-42(55(3,4)5)52(65)43(29-39)56(6,7)8,35-69-49(63)25-22-40-30-44(57(9,10)11)53(66)45(31-40)58(12,13)14)36-70-50(64)26-23-41-32-46(59(15,16)17)54(67)47(33-41)60(18,19)20/h28-33,38,65-67H,21-27,34-37H2,1-20H3. The van der Waals surface area contributed by atoms with E-state index in [1.165, 1.54) is 0 Å². The highest BCUT2D eigenvalue weighted by Crippen LogP contribution is 2.43.